The molecule has 1 aromatic rings. The summed E-state index contributed by atoms with van der Waals surface area (Å²) in [5.41, 5.74) is 1.74. The van der Waals surface area contributed by atoms with Gasteiger partial charge in [0.05, 0.1) is 7.11 Å². The highest BCUT2D eigenvalue weighted by molar-refractivity contribution is 7.89. The van der Waals surface area contributed by atoms with E-state index in [-0.39, 0.29) is 22.6 Å². The fraction of sp³-hybridized carbons (Fsp3) is 0.591. The predicted octanol–water partition coefficient (Wildman–Crippen LogP) is 3.88. The lowest BCUT2D eigenvalue weighted by Crippen LogP contribution is -2.42. The Kier molecular flexibility index (Phi) is 7.35. The maximum absolute atomic E-state index is 13.3. The number of piperidine rings is 1. The Bertz CT molecular complexity index is 864. The van der Waals surface area contributed by atoms with Crippen molar-refractivity contribution in [2.75, 3.05) is 20.2 Å². The second kappa shape index (κ2) is 9.76. The third-order valence-electron chi connectivity index (χ3n) is 5.87. The number of rotatable bonds is 7. The molecule has 29 heavy (non-hydrogen) atoms. The van der Waals surface area contributed by atoms with Gasteiger partial charge in [0.25, 0.3) is 5.91 Å². The molecule has 7 heteroatoms. The highest BCUT2D eigenvalue weighted by Crippen LogP contribution is 2.31. The number of carbonyl (C=O) groups excluding carboxylic acids is 1. The molecule has 1 aliphatic carbocycles. The van der Waals surface area contributed by atoms with Gasteiger partial charge >= 0.3 is 0 Å². The number of nitrogens with one attached hydrogen (secondary N) is 1. The van der Waals surface area contributed by atoms with Crippen LogP contribution in [0.15, 0.2) is 34.7 Å². The topological polar surface area (TPSA) is 75.7 Å². The van der Waals surface area contributed by atoms with E-state index in [2.05, 4.69) is 11.4 Å². The quantitative estimate of drug-likeness (QED) is 0.679. The Morgan fingerprint density at radius 1 is 1.24 bits per heavy atom. The lowest BCUT2D eigenvalue weighted by Gasteiger charge is -2.32. The smallest absolute Gasteiger partial charge is 0.251 e. The molecule has 160 valence electrons. The molecule has 1 aromatic carbocycles. The first-order chi connectivity index (χ1) is 13.9. The molecule has 1 saturated heterocycles. The maximum Gasteiger partial charge on any atom is 0.251 e. The molecular formula is C22H32N2O4S. The molecule has 1 aliphatic heterocycles. The number of sulfonamides is 1. The predicted molar refractivity (Wildman–Crippen MR) is 114 cm³/mol. The summed E-state index contributed by atoms with van der Waals surface area (Å²) in [5.74, 6) is 0.0129. The van der Waals surface area contributed by atoms with Gasteiger partial charge in [-0.25, -0.2) is 8.42 Å². The van der Waals surface area contributed by atoms with Crippen LogP contribution in [0.4, 0.5) is 0 Å². The average Bonchev–Trinajstić information content (AvgIpc) is 2.74. The molecule has 6 nitrogen and oxygen atoms in total. The number of carbonyl (C=O) groups is 1. The van der Waals surface area contributed by atoms with Crippen molar-refractivity contribution in [3.05, 3.63) is 35.4 Å². The van der Waals surface area contributed by atoms with Gasteiger partial charge in [-0.1, -0.05) is 18.1 Å². The van der Waals surface area contributed by atoms with Crippen molar-refractivity contribution in [3.8, 4) is 5.75 Å². The summed E-state index contributed by atoms with van der Waals surface area (Å²) in [6, 6.07) is 4.58. The van der Waals surface area contributed by atoms with E-state index < -0.39 is 10.0 Å². The Balaban J connectivity index is 1.75. The van der Waals surface area contributed by atoms with Crippen LogP contribution in [0.2, 0.25) is 0 Å². The van der Waals surface area contributed by atoms with E-state index in [0.29, 0.717) is 18.7 Å². The summed E-state index contributed by atoms with van der Waals surface area (Å²) in [4.78, 5) is 12.7. The van der Waals surface area contributed by atoms with Crippen LogP contribution in [0.25, 0.3) is 0 Å². The van der Waals surface area contributed by atoms with Crippen molar-refractivity contribution in [3.63, 3.8) is 0 Å². The van der Waals surface area contributed by atoms with Crippen molar-refractivity contribution < 1.29 is 17.9 Å². The molecule has 1 fully saturated rings. The van der Waals surface area contributed by atoms with Crippen molar-refractivity contribution >= 4 is 15.9 Å². The minimum absolute atomic E-state index is 0.0558. The van der Waals surface area contributed by atoms with Gasteiger partial charge in [0.2, 0.25) is 10.0 Å². The summed E-state index contributed by atoms with van der Waals surface area (Å²) < 4.78 is 33.4. The normalized spacial score (nSPS) is 20.8. The Labute approximate surface area is 174 Å². The Morgan fingerprint density at radius 2 is 2.07 bits per heavy atom. The lowest BCUT2D eigenvalue weighted by molar-refractivity contribution is 0.0953. The average molecular weight is 421 g/mol. The highest BCUT2D eigenvalue weighted by atomic mass is 32.2. The van der Waals surface area contributed by atoms with Gasteiger partial charge in [-0.05, 0) is 70.1 Å². The first-order valence-electron chi connectivity index (χ1n) is 10.6. The van der Waals surface area contributed by atoms with Gasteiger partial charge in [0.15, 0.2) is 0 Å². The number of amides is 1. The molecule has 0 saturated carbocycles. The van der Waals surface area contributed by atoms with E-state index in [1.807, 2.05) is 6.92 Å². The second-order valence-corrected chi connectivity index (χ2v) is 9.80. The van der Waals surface area contributed by atoms with Gasteiger partial charge in [-0.2, -0.15) is 4.31 Å². The molecule has 0 radical (unpaired) electrons. The minimum Gasteiger partial charge on any atom is -0.495 e. The number of hydrogen-bond donors (Lipinski definition) is 1. The molecule has 1 N–H and O–H groups in total. The lowest BCUT2D eigenvalue weighted by atomic mass is 9.97. The SMILES string of the molecule is COc1ccc(C(=O)NCCC2=CCCCC2)cc1S(=O)(=O)N1CCCCC1C. The van der Waals surface area contributed by atoms with Gasteiger partial charge < -0.3 is 10.1 Å². The summed E-state index contributed by atoms with van der Waals surface area (Å²) >= 11 is 0. The van der Waals surface area contributed by atoms with Gasteiger partial charge in [-0.15, -0.1) is 0 Å². The zero-order chi connectivity index (χ0) is 20.9. The molecular weight excluding hydrogens is 388 g/mol. The van der Waals surface area contributed by atoms with Crippen LogP contribution in [0.3, 0.4) is 0 Å². The van der Waals surface area contributed by atoms with E-state index in [1.165, 1.54) is 35.9 Å². The molecule has 1 atom stereocenters. The number of nitrogens with zero attached hydrogens (tertiary/aromatic N) is 1. The van der Waals surface area contributed by atoms with Crippen LogP contribution < -0.4 is 10.1 Å². The first kappa shape index (κ1) is 21.8. The highest BCUT2D eigenvalue weighted by Gasteiger charge is 2.33. The van der Waals surface area contributed by atoms with Crippen LogP contribution in [-0.4, -0.2) is 44.9 Å². The molecule has 0 bridgehead atoms. The molecule has 0 aromatic heterocycles. The van der Waals surface area contributed by atoms with Crippen LogP contribution in [0, 0.1) is 0 Å². The van der Waals surface area contributed by atoms with Gasteiger partial charge in [0.1, 0.15) is 10.6 Å². The monoisotopic (exact) mass is 420 g/mol. The Morgan fingerprint density at radius 3 is 2.76 bits per heavy atom. The summed E-state index contributed by atoms with van der Waals surface area (Å²) in [6.45, 7) is 2.99. The zero-order valence-electron chi connectivity index (χ0n) is 17.4. The number of benzene rings is 1. The largest absolute Gasteiger partial charge is 0.495 e. The summed E-state index contributed by atoms with van der Waals surface area (Å²) in [5, 5.41) is 2.92. The van der Waals surface area contributed by atoms with Crippen LogP contribution >= 0.6 is 0 Å². The molecule has 1 heterocycles. The van der Waals surface area contributed by atoms with Crippen LogP contribution in [-0.2, 0) is 10.0 Å². The fourth-order valence-corrected chi connectivity index (χ4v) is 6.03. The Hall–Kier alpha value is -1.86. The summed E-state index contributed by atoms with van der Waals surface area (Å²) in [7, 11) is -2.28. The van der Waals surface area contributed by atoms with Crippen molar-refractivity contribution in [1.82, 2.24) is 9.62 Å². The molecule has 0 spiro atoms. The fourth-order valence-electron chi connectivity index (χ4n) is 4.15. The maximum atomic E-state index is 13.3. The van der Waals surface area contributed by atoms with Crippen molar-refractivity contribution in [2.24, 2.45) is 0 Å². The van der Waals surface area contributed by atoms with E-state index in [1.54, 1.807) is 12.1 Å². The molecule has 2 aliphatic rings. The van der Waals surface area contributed by atoms with Gasteiger partial charge in [0, 0.05) is 24.7 Å². The van der Waals surface area contributed by atoms with Gasteiger partial charge in [-0.3, -0.25) is 4.79 Å². The van der Waals surface area contributed by atoms with E-state index >= 15 is 0 Å². The van der Waals surface area contributed by atoms with Crippen molar-refractivity contribution in [2.45, 2.75) is 69.2 Å². The van der Waals surface area contributed by atoms with E-state index in [9.17, 15) is 13.2 Å². The van der Waals surface area contributed by atoms with E-state index in [0.717, 1.165) is 38.5 Å². The first-order valence-corrected chi connectivity index (χ1v) is 12.0. The minimum atomic E-state index is -3.73. The third kappa shape index (κ3) is 5.20. The second-order valence-electron chi connectivity index (χ2n) is 7.94. The molecule has 1 unspecified atom stereocenters. The number of ether oxygens (including phenoxy) is 1. The van der Waals surface area contributed by atoms with Crippen LogP contribution in [0.1, 0.15) is 68.6 Å². The summed E-state index contributed by atoms with van der Waals surface area (Å²) in [6.07, 6.45) is 10.5. The third-order valence-corrected chi connectivity index (χ3v) is 7.91. The number of methoxy groups -OCH3 is 1. The van der Waals surface area contributed by atoms with Crippen LogP contribution in [0.5, 0.6) is 5.75 Å². The molecule has 3 rings (SSSR count). The number of allylic oxidation sites excluding steroid dienone is 1. The number of hydrogen-bond acceptors (Lipinski definition) is 4. The van der Waals surface area contributed by atoms with Crippen molar-refractivity contribution in [1.29, 1.82) is 0 Å². The zero-order valence-corrected chi connectivity index (χ0v) is 18.3. The molecule has 1 amide bonds. The standard InChI is InChI=1S/C22H32N2O4S/c1-17-8-6-7-15-24(17)29(26,27)21-16-19(11-12-20(21)28-2)22(25)23-14-13-18-9-4-3-5-10-18/h9,11-12,16-17H,3-8,10,13-15H2,1-2H3,(H,23,25). The van der Waals surface area contributed by atoms with E-state index in [4.69, 9.17) is 4.74 Å².